The number of H-pyrrole nitrogens is 1. The Morgan fingerprint density at radius 1 is 1.31 bits per heavy atom. The van der Waals surface area contributed by atoms with Gasteiger partial charge in [0.05, 0.1) is 12.3 Å². The van der Waals surface area contributed by atoms with Gasteiger partial charge in [-0.25, -0.2) is 4.79 Å². The number of alkyl halides is 3. The van der Waals surface area contributed by atoms with Gasteiger partial charge >= 0.3 is 12.3 Å². The molecule has 6 rings (SSSR count). The first kappa shape index (κ1) is 23.5. The number of aromatic nitrogens is 4. The number of carbonyl (C=O) groups is 2. The second-order valence-corrected chi connectivity index (χ2v) is 9.22. The van der Waals surface area contributed by atoms with E-state index in [-0.39, 0.29) is 36.1 Å². The minimum Gasteiger partial charge on any atom is -0.467 e. The van der Waals surface area contributed by atoms with Gasteiger partial charge in [0.2, 0.25) is 5.88 Å². The Bertz CT molecular complexity index is 1100. The van der Waals surface area contributed by atoms with Crippen LogP contribution in [0.4, 0.5) is 23.8 Å². The average Bonchev–Trinajstić information content (AvgIpc) is 3.47. The monoisotopic (exact) mass is 498 g/mol. The quantitative estimate of drug-likeness (QED) is 0.510. The highest BCUT2D eigenvalue weighted by molar-refractivity contribution is 6.02. The minimum absolute atomic E-state index is 0.0227. The number of hydrogen-bond acceptors (Lipinski definition) is 7. The molecule has 2 atom stereocenters. The zero-order valence-corrected chi connectivity index (χ0v) is 18.9. The first-order valence-electron chi connectivity index (χ1n) is 11.4. The molecule has 2 aromatic rings. The van der Waals surface area contributed by atoms with E-state index in [1.54, 1.807) is 13.0 Å². The van der Waals surface area contributed by atoms with Crippen LogP contribution in [0.25, 0.3) is 0 Å². The second-order valence-electron chi connectivity index (χ2n) is 9.22. The number of halogens is 3. The number of aromatic amines is 1. The van der Waals surface area contributed by atoms with Gasteiger partial charge < -0.3 is 24.8 Å². The second kappa shape index (κ2) is 8.73. The Morgan fingerprint density at radius 3 is 2.74 bits per heavy atom. The number of amides is 2. The zero-order chi connectivity index (χ0) is 24.8. The summed E-state index contributed by atoms with van der Waals surface area (Å²) in [7, 11) is 0. The molecule has 11 nitrogen and oxygen atoms in total. The molecule has 1 aliphatic heterocycles. The van der Waals surface area contributed by atoms with Crippen molar-refractivity contribution in [3.8, 4) is 5.88 Å². The normalized spacial score (nSPS) is 27.0. The summed E-state index contributed by atoms with van der Waals surface area (Å²) < 4.78 is 54.2. The van der Waals surface area contributed by atoms with E-state index in [2.05, 4.69) is 30.7 Å². The smallest absolute Gasteiger partial charge is 0.422 e. The summed E-state index contributed by atoms with van der Waals surface area (Å²) in [6.07, 6.45) is -2.24. The Labute approximate surface area is 197 Å². The third-order valence-electron chi connectivity index (χ3n) is 6.50. The van der Waals surface area contributed by atoms with Gasteiger partial charge in [-0.05, 0) is 32.1 Å². The summed E-state index contributed by atoms with van der Waals surface area (Å²) in [5, 5.41) is 16.2. The highest BCUT2D eigenvalue weighted by atomic mass is 19.4. The maximum atomic E-state index is 12.7. The van der Waals surface area contributed by atoms with Gasteiger partial charge in [-0.3, -0.25) is 14.6 Å². The highest BCUT2D eigenvalue weighted by Gasteiger charge is 2.57. The van der Waals surface area contributed by atoms with Crippen molar-refractivity contribution in [3.63, 3.8) is 0 Å². The molecule has 3 aliphatic carbocycles. The molecule has 2 aromatic heterocycles. The molecule has 2 amide bonds. The topological polar surface area (TPSA) is 132 Å². The van der Waals surface area contributed by atoms with Gasteiger partial charge in [0.15, 0.2) is 12.4 Å². The number of rotatable bonds is 8. The Hall–Kier alpha value is -3.29. The van der Waals surface area contributed by atoms with Crippen LogP contribution in [-0.2, 0) is 16.0 Å². The lowest BCUT2D eigenvalue weighted by Crippen LogP contribution is -2.68. The number of nitrogens with one attached hydrogen (secondary N) is 3. The van der Waals surface area contributed by atoms with E-state index in [9.17, 15) is 22.8 Å². The summed E-state index contributed by atoms with van der Waals surface area (Å²) in [5.74, 6) is 0.0244. The van der Waals surface area contributed by atoms with Crippen LogP contribution in [0.5, 0.6) is 5.88 Å². The molecule has 35 heavy (non-hydrogen) atoms. The maximum absolute atomic E-state index is 12.7. The van der Waals surface area contributed by atoms with Crippen molar-refractivity contribution in [1.82, 2.24) is 25.3 Å². The summed E-state index contributed by atoms with van der Waals surface area (Å²) in [6.45, 7) is 0.670. The number of nitrogens with zero attached hydrogens (tertiary/aromatic N) is 3. The van der Waals surface area contributed by atoms with Crippen LogP contribution in [0.2, 0.25) is 0 Å². The average molecular weight is 498 g/mol. The third kappa shape index (κ3) is 5.06. The van der Waals surface area contributed by atoms with Crippen molar-refractivity contribution in [2.75, 3.05) is 18.5 Å². The number of ether oxygens (including phenoxy) is 3. The van der Waals surface area contributed by atoms with Gasteiger partial charge in [0.1, 0.15) is 17.9 Å². The third-order valence-corrected chi connectivity index (χ3v) is 6.50. The van der Waals surface area contributed by atoms with Crippen LogP contribution < -0.4 is 15.4 Å². The van der Waals surface area contributed by atoms with E-state index in [1.165, 1.54) is 4.68 Å². The molecule has 0 radical (unpaired) electrons. The number of anilines is 1. The molecule has 0 unspecified atom stereocenters. The lowest BCUT2D eigenvalue weighted by molar-refractivity contribution is -0.154. The summed E-state index contributed by atoms with van der Waals surface area (Å²) in [4.78, 5) is 24.8. The fourth-order valence-electron chi connectivity index (χ4n) is 4.72. The van der Waals surface area contributed by atoms with Crippen LogP contribution in [-0.4, -0.2) is 63.0 Å². The Kier molecular flexibility index (Phi) is 5.85. The molecule has 190 valence electrons. The van der Waals surface area contributed by atoms with Crippen LogP contribution >= 0.6 is 0 Å². The first-order valence-corrected chi connectivity index (χ1v) is 11.4. The van der Waals surface area contributed by atoms with Crippen molar-refractivity contribution < 1.29 is 37.0 Å². The SMILES string of the molecule is CCn1nc(OCC(F)(F)F)cc1C(=O)Nc1cc([C@@H]2C[C@H](OC(=O)NC34CC(C3)C4)CO2)[nH]n1. The summed E-state index contributed by atoms with van der Waals surface area (Å²) in [5.41, 5.74) is 0.550. The fourth-order valence-corrected chi connectivity index (χ4v) is 4.72. The van der Waals surface area contributed by atoms with E-state index in [1.807, 2.05) is 0 Å². The number of alkyl carbamates (subject to hydrolysis) is 1. The predicted octanol–water partition coefficient (Wildman–Crippen LogP) is 2.93. The van der Waals surface area contributed by atoms with E-state index in [0.717, 1.165) is 31.2 Å². The number of aryl methyl sites for hydroxylation is 1. The van der Waals surface area contributed by atoms with Crippen LogP contribution in [0.1, 0.15) is 54.9 Å². The van der Waals surface area contributed by atoms with Crippen molar-refractivity contribution in [2.24, 2.45) is 5.92 Å². The van der Waals surface area contributed by atoms with E-state index in [4.69, 9.17) is 9.47 Å². The van der Waals surface area contributed by atoms with Gasteiger partial charge in [0.25, 0.3) is 5.91 Å². The van der Waals surface area contributed by atoms with Gasteiger partial charge in [-0.2, -0.15) is 18.3 Å². The van der Waals surface area contributed by atoms with Gasteiger partial charge in [0, 0.05) is 30.6 Å². The maximum Gasteiger partial charge on any atom is 0.422 e. The molecule has 2 bridgehead atoms. The lowest BCUT2D eigenvalue weighted by Gasteiger charge is -2.61. The van der Waals surface area contributed by atoms with E-state index in [0.29, 0.717) is 12.1 Å². The van der Waals surface area contributed by atoms with Crippen LogP contribution in [0.15, 0.2) is 12.1 Å². The molecular weight excluding hydrogens is 473 g/mol. The largest absolute Gasteiger partial charge is 0.467 e. The predicted molar refractivity (Wildman–Crippen MR) is 113 cm³/mol. The van der Waals surface area contributed by atoms with Crippen molar-refractivity contribution in [3.05, 3.63) is 23.5 Å². The number of carbonyl (C=O) groups excluding carboxylic acids is 2. The van der Waals surface area contributed by atoms with Crippen molar-refractivity contribution in [2.45, 2.75) is 63.1 Å². The minimum atomic E-state index is -4.52. The first-order chi connectivity index (χ1) is 16.6. The molecule has 0 aromatic carbocycles. The lowest BCUT2D eigenvalue weighted by atomic mass is 9.50. The van der Waals surface area contributed by atoms with Gasteiger partial charge in [-0.15, -0.1) is 5.10 Å². The molecule has 1 saturated heterocycles. The zero-order valence-electron chi connectivity index (χ0n) is 18.9. The molecule has 3 N–H and O–H groups in total. The Balaban J connectivity index is 1.14. The molecule has 4 fully saturated rings. The van der Waals surface area contributed by atoms with E-state index < -0.39 is 37.0 Å². The van der Waals surface area contributed by atoms with E-state index >= 15 is 0 Å². The summed E-state index contributed by atoms with van der Waals surface area (Å²) >= 11 is 0. The molecule has 14 heteroatoms. The molecule has 0 spiro atoms. The molecule has 3 heterocycles. The molecule has 4 aliphatic rings. The van der Waals surface area contributed by atoms with Crippen molar-refractivity contribution in [1.29, 1.82) is 0 Å². The molecule has 3 saturated carbocycles. The fraction of sp³-hybridized carbons (Fsp3) is 0.619. The van der Waals surface area contributed by atoms with Crippen LogP contribution in [0.3, 0.4) is 0 Å². The molecular formula is C21H25F3N6O5. The van der Waals surface area contributed by atoms with Crippen molar-refractivity contribution >= 4 is 17.8 Å². The standard InChI is InChI=1S/C21H25F3N6O5/c1-2-30-14(5-17(29-30)34-10-21(22,23)24)18(31)25-16-4-13(27-28-16)15-3-12(9-33-15)35-19(32)26-20-6-11(7-20)8-20/h4-5,11-12,15H,2-3,6-10H2,1H3,(H,26,32)(H2,25,27,28,31)/t11?,12-,15-,20?/m0/s1. The van der Waals surface area contributed by atoms with Gasteiger partial charge in [-0.1, -0.05) is 0 Å². The van der Waals surface area contributed by atoms with Crippen LogP contribution in [0, 0.1) is 5.92 Å². The number of hydrogen-bond donors (Lipinski definition) is 3. The summed E-state index contributed by atoms with van der Waals surface area (Å²) in [6, 6.07) is 2.72. The Morgan fingerprint density at radius 2 is 2.09 bits per heavy atom. The highest BCUT2D eigenvalue weighted by Crippen LogP contribution is 2.56.